The van der Waals surface area contributed by atoms with Gasteiger partial charge in [0.05, 0.1) is 16.9 Å². The first-order valence-electron chi connectivity index (χ1n) is 14.8. The number of piperidine rings is 1. The average molecular weight is 551 g/mol. The summed E-state index contributed by atoms with van der Waals surface area (Å²) >= 11 is 0. The van der Waals surface area contributed by atoms with Crippen molar-refractivity contribution in [1.29, 1.82) is 0 Å². The van der Waals surface area contributed by atoms with Crippen LogP contribution in [-0.4, -0.2) is 60.1 Å². The first-order chi connectivity index (χ1) is 20.0. The number of anilines is 2. The van der Waals surface area contributed by atoms with Gasteiger partial charge >= 0.3 is 5.97 Å². The van der Waals surface area contributed by atoms with E-state index in [9.17, 15) is 9.59 Å². The number of esters is 1. The molecule has 7 heteroatoms. The Morgan fingerprint density at radius 1 is 0.951 bits per heavy atom. The number of carbonyl (C=O) groups excluding carboxylic acids is 2. The van der Waals surface area contributed by atoms with Crippen molar-refractivity contribution in [2.45, 2.75) is 51.7 Å². The highest BCUT2D eigenvalue weighted by atomic mass is 16.5. The minimum Gasteiger partial charge on any atom is -0.459 e. The number of carbonyl (C=O) groups is 2. The molecule has 0 aliphatic carbocycles. The lowest BCUT2D eigenvalue weighted by atomic mass is 9.96. The Kier molecular flexibility index (Phi) is 7.79. The van der Waals surface area contributed by atoms with Crippen LogP contribution in [0.2, 0.25) is 0 Å². The molecule has 2 N–H and O–H groups in total. The van der Waals surface area contributed by atoms with Crippen LogP contribution < -0.4 is 10.2 Å². The van der Waals surface area contributed by atoms with E-state index in [1.54, 1.807) is 6.07 Å². The standard InChI is InChI=1S/C34H38N4O3/c1-3-17-37-18-14-27(15-19-37)41-34(40)29-22-26(8-10-28(29)24-9-11-30-25(21-24)12-16-35-30)33(39)38-20-13-23(2)36-31-6-4-5-7-32(31)38/h4-12,16,21-23,27,35-36H,3,13-15,17-20H2,1-2H3/t23-/m0/s1. The highest BCUT2D eigenvalue weighted by Gasteiger charge is 2.28. The van der Waals surface area contributed by atoms with E-state index in [4.69, 9.17) is 4.74 Å². The number of aromatic amines is 1. The van der Waals surface area contributed by atoms with Crippen LogP contribution in [0.3, 0.4) is 0 Å². The number of aromatic nitrogens is 1. The molecule has 1 aromatic heterocycles. The fourth-order valence-corrected chi connectivity index (χ4v) is 6.08. The Hall–Kier alpha value is -4.10. The van der Waals surface area contributed by atoms with Crippen molar-refractivity contribution in [2.24, 2.45) is 0 Å². The molecule has 3 heterocycles. The highest BCUT2D eigenvalue weighted by molar-refractivity contribution is 6.10. The maximum Gasteiger partial charge on any atom is 0.339 e. The maximum absolute atomic E-state index is 14.0. The van der Waals surface area contributed by atoms with Crippen molar-refractivity contribution >= 4 is 34.2 Å². The summed E-state index contributed by atoms with van der Waals surface area (Å²) in [6.45, 7) is 7.84. The largest absolute Gasteiger partial charge is 0.459 e. The zero-order chi connectivity index (χ0) is 28.3. The van der Waals surface area contributed by atoms with Crippen molar-refractivity contribution < 1.29 is 14.3 Å². The number of ether oxygens (including phenoxy) is 1. The van der Waals surface area contributed by atoms with Crippen molar-refractivity contribution in [3.05, 3.63) is 84.1 Å². The summed E-state index contributed by atoms with van der Waals surface area (Å²) in [7, 11) is 0. The van der Waals surface area contributed by atoms with Crippen LogP contribution >= 0.6 is 0 Å². The average Bonchev–Trinajstić information content (AvgIpc) is 3.39. The van der Waals surface area contributed by atoms with Gasteiger partial charge in [-0.1, -0.05) is 31.2 Å². The van der Waals surface area contributed by atoms with Gasteiger partial charge in [-0.15, -0.1) is 0 Å². The molecular formula is C34H38N4O3. The van der Waals surface area contributed by atoms with E-state index in [-0.39, 0.29) is 24.0 Å². The van der Waals surface area contributed by atoms with Gasteiger partial charge in [-0.25, -0.2) is 4.79 Å². The molecule has 212 valence electrons. The molecule has 0 bridgehead atoms. The minimum absolute atomic E-state index is 0.122. The van der Waals surface area contributed by atoms with E-state index < -0.39 is 0 Å². The number of likely N-dealkylation sites (tertiary alicyclic amines) is 1. The number of H-pyrrole nitrogens is 1. The topological polar surface area (TPSA) is 77.7 Å². The van der Waals surface area contributed by atoms with Crippen LogP contribution in [0.4, 0.5) is 11.4 Å². The molecule has 6 rings (SSSR count). The monoisotopic (exact) mass is 550 g/mol. The molecule has 1 saturated heterocycles. The summed E-state index contributed by atoms with van der Waals surface area (Å²) < 4.78 is 6.10. The number of amides is 1. The number of rotatable bonds is 6. The Labute approximate surface area is 241 Å². The number of para-hydroxylation sites is 2. The predicted molar refractivity (Wildman–Crippen MR) is 165 cm³/mol. The van der Waals surface area contributed by atoms with Gasteiger partial charge in [0, 0.05) is 43.0 Å². The Balaban J connectivity index is 1.34. The van der Waals surface area contributed by atoms with E-state index in [1.807, 2.05) is 65.7 Å². The normalized spacial score (nSPS) is 18.0. The number of benzene rings is 3. The Morgan fingerprint density at radius 3 is 2.61 bits per heavy atom. The van der Waals surface area contributed by atoms with Crippen LogP contribution in [0.15, 0.2) is 72.9 Å². The number of hydrogen-bond donors (Lipinski definition) is 2. The second-order valence-corrected chi connectivity index (χ2v) is 11.3. The fourth-order valence-electron chi connectivity index (χ4n) is 6.08. The summed E-state index contributed by atoms with van der Waals surface area (Å²) in [6.07, 6.45) is 5.37. The third kappa shape index (κ3) is 5.72. The second-order valence-electron chi connectivity index (χ2n) is 11.3. The van der Waals surface area contributed by atoms with Crippen LogP contribution in [0.25, 0.3) is 22.0 Å². The number of nitrogens with zero attached hydrogens (tertiary/aromatic N) is 2. The molecule has 2 aliphatic rings. The zero-order valence-corrected chi connectivity index (χ0v) is 23.9. The fraction of sp³-hybridized carbons (Fsp3) is 0.353. The Morgan fingerprint density at radius 2 is 1.78 bits per heavy atom. The van der Waals surface area contributed by atoms with E-state index in [0.29, 0.717) is 17.7 Å². The molecule has 1 fully saturated rings. The first-order valence-corrected chi connectivity index (χ1v) is 14.8. The molecule has 0 saturated carbocycles. The quantitative estimate of drug-likeness (QED) is 0.261. The van der Waals surface area contributed by atoms with Crippen molar-refractivity contribution in [1.82, 2.24) is 9.88 Å². The van der Waals surface area contributed by atoms with Crippen molar-refractivity contribution in [2.75, 3.05) is 36.4 Å². The van der Waals surface area contributed by atoms with Gasteiger partial charge < -0.3 is 24.8 Å². The smallest absolute Gasteiger partial charge is 0.339 e. The number of hydrogen-bond acceptors (Lipinski definition) is 5. The molecular weight excluding hydrogens is 512 g/mol. The third-order valence-electron chi connectivity index (χ3n) is 8.33. The predicted octanol–water partition coefficient (Wildman–Crippen LogP) is 6.72. The molecule has 4 aromatic rings. The van der Waals surface area contributed by atoms with Crippen LogP contribution in [0, 0.1) is 0 Å². The van der Waals surface area contributed by atoms with Gasteiger partial charge in [0.2, 0.25) is 0 Å². The van der Waals surface area contributed by atoms with Gasteiger partial charge in [0.1, 0.15) is 6.10 Å². The van der Waals surface area contributed by atoms with Crippen LogP contribution in [0.1, 0.15) is 60.2 Å². The Bertz CT molecular complexity index is 1550. The molecule has 0 unspecified atom stereocenters. The lowest BCUT2D eigenvalue weighted by molar-refractivity contribution is 0.0114. The molecule has 0 spiro atoms. The van der Waals surface area contributed by atoms with Crippen LogP contribution in [-0.2, 0) is 4.74 Å². The minimum atomic E-state index is -0.371. The molecule has 0 radical (unpaired) electrons. The molecule has 7 nitrogen and oxygen atoms in total. The lowest BCUT2D eigenvalue weighted by Crippen LogP contribution is -2.38. The molecule has 41 heavy (non-hydrogen) atoms. The number of nitrogens with one attached hydrogen (secondary N) is 2. The number of fused-ring (bicyclic) bond motifs is 2. The van der Waals surface area contributed by atoms with Gasteiger partial charge in [0.25, 0.3) is 5.91 Å². The van der Waals surface area contributed by atoms with E-state index >= 15 is 0 Å². The van der Waals surface area contributed by atoms with Gasteiger partial charge in [0.15, 0.2) is 0 Å². The molecule has 1 atom stereocenters. The van der Waals surface area contributed by atoms with E-state index in [0.717, 1.165) is 78.7 Å². The lowest BCUT2D eigenvalue weighted by Gasteiger charge is -2.31. The van der Waals surface area contributed by atoms with Crippen molar-refractivity contribution in [3.8, 4) is 11.1 Å². The van der Waals surface area contributed by atoms with Crippen LogP contribution in [0.5, 0.6) is 0 Å². The highest BCUT2D eigenvalue weighted by Crippen LogP contribution is 2.33. The first kappa shape index (κ1) is 27.1. The summed E-state index contributed by atoms with van der Waals surface area (Å²) in [5.41, 5.74) is 5.42. The third-order valence-corrected chi connectivity index (χ3v) is 8.33. The summed E-state index contributed by atoms with van der Waals surface area (Å²) in [6, 6.07) is 21.7. The molecule has 1 amide bonds. The zero-order valence-electron chi connectivity index (χ0n) is 23.9. The SMILES string of the molecule is CCCN1CCC(OC(=O)c2cc(C(=O)N3CC[C@H](C)Nc4ccccc43)ccc2-c2ccc3[nH]ccc3c2)CC1. The summed E-state index contributed by atoms with van der Waals surface area (Å²) in [5.74, 6) is -0.493. The maximum atomic E-state index is 14.0. The van der Waals surface area contributed by atoms with E-state index in [2.05, 4.69) is 35.1 Å². The van der Waals surface area contributed by atoms with E-state index in [1.165, 1.54) is 0 Å². The summed E-state index contributed by atoms with van der Waals surface area (Å²) in [4.78, 5) is 35.3. The summed E-state index contributed by atoms with van der Waals surface area (Å²) in [5, 5.41) is 4.58. The van der Waals surface area contributed by atoms with Gasteiger partial charge in [-0.2, -0.15) is 0 Å². The van der Waals surface area contributed by atoms with Crippen molar-refractivity contribution in [3.63, 3.8) is 0 Å². The van der Waals surface area contributed by atoms with Gasteiger partial charge in [-0.3, -0.25) is 4.79 Å². The van der Waals surface area contributed by atoms with Gasteiger partial charge in [-0.05, 0) is 98.1 Å². The second kappa shape index (κ2) is 11.8. The molecule has 3 aromatic carbocycles. The molecule has 2 aliphatic heterocycles.